The second-order valence-electron chi connectivity index (χ2n) is 20.5. The largest absolute Gasteiger partial charge is 0.394 e. The summed E-state index contributed by atoms with van der Waals surface area (Å²) in [5.41, 5.74) is 0. The van der Waals surface area contributed by atoms with Crippen LogP contribution < -0.4 is 5.32 Å². The molecule has 0 aromatic carbocycles. The Hall–Kier alpha value is -1.93. The van der Waals surface area contributed by atoms with E-state index in [1.807, 2.05) is 0 Å². The van der Waals surface area contributed by atoms with Gasteiger partial charge in [0, 0.05) is 6.92 Å². The first kappa shape index (κ1) is 66.6. The molecular formula is C44H75NO36. The van der Waals surface area contributed by atoms with Crippen molar-refractivity contribution in [2.75, 3.05) is 46.2 Å². The summed E-state index contributed by atoms with van der Waals surface area (Å²) in [6.45, 7) is -5.26. The van der Waals surface area contributed by atoms with Crippen molar-refractivity contribution in [2.24, 2.45) is 0 Å². The number of carbonyl (C=O) groups excluding carboxylic acids is 1. The molecule has 1 amide bonds. The molecule has 0 saturated carbocycles. The highest BCUT2D eigenvalue weighted by Gasteiger charge is 2.56. The lowest BCUT2D eigenvalue weighted by Crippen LogP contribution is -2.68. The summed E-state index contributed by atoms with van der Waals surface area (Å²) in [5, 5.41) is 236. The van der Waals surface area contributed by atoms with Crippen LogP contribution in [0.2, 0.25) is 0 Å². The first-order valence-electron chi connectivity index (χ1n) is 25.6. The molecule has 0 radical (unpaired) electrons. The maximum atomic E-state index is 12.2. The zero-order chi connectivity index (χ0) is 59.6. The molecule has 472 valence electrons. The van der Waals surface area contributed by atoms with E-state index in [2.05, 4.69) is 5.32 Å². The summed E-state index contributed by atoms with van der Waals surface area (Å²) in [7, 11) is 0. The number of nitrogens with one attached hydrogen (secondary N) is 1. The van der Waals surface area contributed by atoms with E-state index in [1.54, 1.807) is 0 Å². The highest BCUT2D eigenvalue weighted by atomic mass is 16.8. The zero-order valence-corrected chi connectivity index (χ0v) is 42.7. The third kappa shape index (κ3) is 14.6. The summed E-state index contributed by atoms with van der Waals surface area (Å²) in [6, 6.07) is -1.64. The monoisotopic (exact) mass is 1190 g/mol. The summed E-state index contributed by atoms with van der Waals surface area (Å²) >= 11 is 0. The Kier molecular flexibility index (Phi) is 23.6. The Balaban J connectivity index is 1.07. The lowest BCUT2D eigenvalue weighted by Gasteiger charge is -2.48. The van der Waals surface area contributed by atoms with Gasteiger partial charge in [0.05, 0.1) is 46.2 Å². The van der Waals surface area contributed by atoms with Gasteiger partial charge in [-0.05, 0) is 0 Å². The van der Waals surface area contributed by atoms with Gasteiger partial charge in [-0.1, -0.05) is 0 Å². The molecule has 37 nitrogen and oxygen atoms in total. The van der Waals surface area contributed by atoms with Crippen molar-refractivity contribution in [1.29, 1.82) is 0 Å². The minimum atomic E-state index is -2.17. The Labute approximate surface area is 457 Å². The molecule has 23 N–H and O–H groups in total. The maximum Gasteiger partial charge on any atom is 0.217 e. The Morgan fingerprint density at radius 2 is 0.605 bits per heavy atom. The molecular weight excluding hydrogens is 1120 g/mol. The van der Waals surface area contributed by atoms with Gasteiger partial charge >= 0.3 is 0 Å². The van der Waals surface area contributed by atoms with E-state index in [0.29, 0.717) is 0 Å². The number of rotatable bonds is 20. The van der Waals surface area contributed by atoms with E-state index in [1.165, 1.54) is 0 Å². The van der Waals surface area contributed by atoms with Crippen molar-refractivity contribution in [2.45, 2.75) is 222 Å². The molecule has 7 fully saturated rings. The fourth-order valence-corrected chi connectivity index (χ4v) is 9.98. The Morgan fingerprint density at radius 1 is 0.321 bits per heavy atom. The van der Waals surface area contributed by atoms with E-state index < -0.39 is 267 Å². The fourth-order valence-electron chi connectivity index (χ4n) is 9.98. The van der Waals surface area contributed by atoms with Crippen LogP contribution in [0.1, 0.15) is 6.92 Å². The summed E-state index contributed by atoms with van der Waals surface area (Å²) in [5.74, 6) is -0.787. The molecule has 0 aromatic rings. The van der Waals surface area contributed by atoms with Crippen molar-refractivity contribution >= 4 is 5.91 Å². The van der Waals surface area contributed by atoms with Crippen LogP contribution in [0, 0.1) is 0 Å². The number of aliphatic hydroxyl groups is 22. The first-order chi connectivity index (χ1) is 38.2. The average molecular weight is 1190 g/mol. The minimum Gasteiger partial charge on any atom is -0.394 e. The van der Waals surface area contributed by atoms with Gasteiger partial charge in [0.2, 0.25) is 5.91 Å². The molecule has 81 heavy (non-hydrogen) atoms. The molecule has 7 saturated heterocycles. The summed E-state index contributed by atoms with van der Waals surface area (Å²) in [6.07, 6.45) is -65.3. The van der Waals surface area contributed by atoms with Crippen molar-refractivity contribution in [1.82, 2.24) is 5.32 Å². The van der Waals surface area contributed by atoms with Gasteiger partial charge in [-0.2, -0.15) is 0 Å². The van der Waals surface area contributed by atoms with Crippen molar-refractivity contribution in [3.63, 3.8) is 0 Å². The standard InChI is InChI=1S/C44H75NO36/c1-9(49)45-17-25(57)18(50)10(2-46)74-39(17)80-36-23(55)15(7-69-40-31(63)27(59)19(51)11(3-47)75-40)78-42(34(36)66)72-6-14-22(54)29(61)32(64)41(77-14)70-8-16-24(56)37(81-44-33(65)28(60)20(52)12(4-48)76-44)35(67)43(79-16)71-5-13-21(53)26(58)30(62)38(68)73-13/h10-44,46-48,50-68H,2-8H2,1H3,(H,45,49)/t10-,11-,12-,13-,14-,15-,16-,17-,18-,19-,20-,21-,22-,23-,24-,25-,26+,27+,28+,29+,30-,31-,32-,33-,34-,35-,36+,37+,38-,39+,40-,41-,42-,43-,44+/m1/s1. The zero-order valence-electron chi connectivity index (χ0n) is 42.7. The van der Waals surface area contributed by atoms with Gasteiger partial charge < -0.3 is 179 Å². The third-order valence-electron chi connectivity index (χ3n) is 14.9. The maximum absolute atomic E-state index is 12.2. The van der Waals surface area contributed by atoms with Crippen LogP contribution >= 0.6 is 0 Å². The SMILES string of the molecule is CC(=O)N[C@H]1[C@H](O[C@@H]2[C@@H](O)[C@H](OC[C@H]3O[C@@H](OC[C@H]4O[C@@H](OC[C@H]5O[C@@H](O)[C@H](O)[C@@H](O)[C@@H]5O)[C@H](O)[C@@H](O[C@@H]5O[C@H](CO)[C@@H](O)[C@H](O)[C@H]5O)[C@@H]4O)[C@H](O)[C@@H](O)[C@@H]3O)O[C@H](CO[C@@H]3O[C@H](CO)[C@@H](O)[C@H](O)[C@H]3O)[C@H]2O)O[C@H](CO)[C@@H](O)[C@@H]1O. The fraction of sp³-hybridized carbons (Fsp3) is 0.977. The van der Waals surface area contributed by atoms with Crippen LogP contribution in [0.4, 0.5) is 0 Å². The second-order valence-corrected chi connectivity index (χ2v) is 20.5. The van der Waals surface area contributed by atoms with Crippen LogP contribution in [0.25, 0.3) is 0 Å². The smallest absolute Gasteiger partial charge is 0.217 e. The van der Waals surface area contributed by atoms with E-state index in [0.717, 1.165) is 6.92 Å². The number of hydrogen-bond acceptors (Lipinski definition) is 36. The topological polar surface area (TPSA) is 594 Å². The van der Waals surface area contributed by atoms with Gasteiger partial charge in [0.25, 0.3) is 0 Å². The Morgan fingerprint density at radius 3 is 1.00 bits per heavy atom. The number of aliphatic hydroxyl groups excluding tert-OH is 22. The van der Waals surface area contributed by atoms with E-state index in [-0.39, 0.29) is 0 Å². The molecule has 37 heteroatoms. The van der Waals surface area contributed by atoms with Crippen molar-refractivity contribution < 1.29 is 179 Å². The average Bonchev–Trinajstić information content (AvgIpc) is 3.60. The predicted molar refractivity (Wildman–Crippen MR) is 243 cm³/mol. The minimum absolute atomic E-state index is 0.787. The number of amides is 1. The van der Waals surface area contributed by atoms with Gasteiger partial charge in [-0.25, -0.2) is 0 Å². The van der Waals surface area contributed by atoms with Gasteiger partial charge in [0.15, 0.2) is 44.0 Å². The predicted octanol–water partition coefficient (Wildman–Crippen LogP) is -16.1. The second kappa shape index (κ2) is 28.7. The van der Waals surface area contributed by atoms with Crippen LogP contribution in [0.5, 0.6) is 0 Å². The molecule has 7 rings (SSSR count). The highest BCUT2D eigenvalue weighted by Crippen LogP contribution is 2.35. The highest BCUT2D eigenvalue weighted by molar-refractivity contribution is 5.73. The van der Waals surface area contributed by atoms with Crippen LogP contribution in [-0.4, -0.2) is 379 Å². The van der Waals surface area contributed by atoms with E-state index in [9.17, 15) is 117 Å². The Bertz CT molecular complexity index is 1940. The van der Waals surface area contributed by atoms with E-state index >= 15 is 0 Å². The quantitative estimate of drug-likeness (QED) is 0.0538. The molecule has 7 aliphatic rings. The molecule has 0 spiro atoms. The molecule has 0 unspecified atom stereocenters. The van der Waals surface area contributed by atoms with Crippen LogP contribution in [-0.2, 0) is 66.4 Å². The normalized spacial score (nSPS) is 51.9. The number of ether oxygens (including phenoxy) is 13. The van der Waals surface area contributed by atoms with Crippen LogP contribution in [0.15, 0.2) is 0 Å². The molecule has 0 bridgehead atoms. The summed E-state index contributed by atoms with van der Waals surface area (Å²) in [4.78, 5) is 12.2. The molecule has 0 aromatic heterocycles. The molecule has 7 aliphatic heterocycles. The lowest BCUT2D eigenvalue weighted by molar-refractivity contribution is -0.373. The van der Waals surface area contributed by atoms with E-state index in [4.69, 9.17) is 61.6 Å². The van der Waals surface area contributed by atoms with Crippen molar-refractivity contribution in [3.05, 3.63) is 0 Å². The molecule has 35 atom stereocenters. The van der Waals surface area contributed by atoms with Crippen LogP contribution in [0.3, 0.4) is 0 Å². The van der Waals surface area contributed by atoms with Crippen molar-refractivity contribution in [3.8, 4) is 0 Å². The van der Waals surface area contributed by atoms with Gasteiger partial charge in [-0.15, -0.1) is 0 Å². The first-order valence-corrected chi connectivity index (χ1v) is 25.6. The number of hydrogen-bond donors (Lipinski definition) is 23. The number of carbonyl (C=O) groups is 1. The van der Waals surface area contributed by atoms with Gasteiger partial charge in [0.1, 0.15) is 171 Å². The lowest BCUT2D eigenvalue weighted by atomic mass is 9.95. The van der Waals surface area contributed by atoms with Gasteiger partial charge in [-0.3, -0.25) is 4.79 Å². The molecule has 0 aliphatic carbocycles. The molecule has 7 heterocycles. The third-order valence-corrected chi connectivity index (χ3v) is 14.9. The summed E-state index contributed by atoms with van der Waals surface area (Å²) < 4.78 is 73.0.